The van der Waals surface area contributed by atoms with Gasteiger partial charge in [0.2, 0.25) is 0 Å². The van der Waals surface area contributed by atoms with Crippen LogP contribution in [0.3, 0.4) is 0 Å². The number of nitrogens with zero attached hydrogens (tertiary/aromatic N) is 2. The van der Waals surface area contributed by atoms with Crippen molar-refractivity contribution in [1.82, 2.24) is 4.98 Å². The van der Waals surface area contributed by atoms with Crippen LogP contribution in [0.2, 0.25) is 5.15 Å². The van der Waals surface area contributed by atoms with Crippen LogP contribution in [-0.4, -0.2) is 18.3 Å². The van der Waals surface area contributed by atoms with E-state index >= 15 is 0 Å². The molecule has 0 unspecified atom stereocenters. The van der Waals surface area contributed by atoms with Gasteiger partial charge in [-0.3, -0.25) is 14.8 Å². The second kappa shape index (κ2) is 5.96. The molecule has 0 aliphatic rings. The van der Waals surface area contributed by atoms with E-state index in [1.807, 2.05) is 0 Å². The van der Waals surface area contributed by atoms with Crippen molar-refractivity contribution in [2.24, 2.45) is 0 Å². The summed E-state index contributed by atoms with van der Waals surface area (Å²) in [4.78, 5) is 13.6. The fourth-order valence-corrected chi connectivity index (χ4v) is 3.48. The maximum atomic E-state index is 12.2. The average Bonchev–Trinajstić information content (AvgIpc) is 2.41. The Labute approximate surface area is 133 Å². The molecule has 0 aliphatic carbocycles. The number of rotatable bonds is 4. The number of halogens is 2. The van der Waals surface area contributed by atoms with Crippen molar-refractivity contribution in [1.29, 1.82) is 0 Å². The van der Waals surface area contributed by atoms with E-state index in [0.29, 0.717) is 4.47 Å². The van der Waals surface area contributed by atoms with Gasteiger partial charge >= 0.3 is 0 Å². The lowest BCUT2D eigenvalue weighted by atomic mass is 10.3. The van der Waals surface area contributed by atoms with Crippen LogP contribution in [0.1, 0.15) is 0 Å². The Morgan fingerprint density at radius 3 is 2.67 bits per heavy atom. The van der Waals surface area contributed by atoms with E-state index in [2.05, 4.69) is 25.6 Å². The Kier molecular flexibility index (Phi) is 4.45. The van der Waals surface area contributed by atoms with Crippen molar-refractivity contribution in [3.63, 3.8) is 0 Å². The molecular formula is C11H7BrClN3O4S. The van der Waals surface area contributed by atoms with Gasteiger partial charge in [0.25, 0.3) is 15.7 Å². The first-order valence-corrected chi connectivity index (χ1v) is 8.04. The number of benzene rings is 1. The number of nitro benzene ring substituents is 1. The number of hydrogen-bond donors (Lipinski definition) is 1. The van der Waals surface area contributed by atoms with Crippen LogP contribution >= 0.6 is 27.5 Å². The minimum Gasteiger partial charge on any atom is -0.278 e. The molecule has 21 heavy (non-hydrogen) atoms. The van der Waals surface area contributed by atoms with E-state index in [1.54, 1.807) is 0 Å². The lowest BCUT2D eigenvalue weighted by Gasteiger charge is -2.10. The number of aromatic nitrogens is 1. The van der Waals surface area contributed by atoms with Gasteiger partial charge in [0.05, 0.1) is 10.6 Å². The van der Waals surface area contributed by atoms with E-state index in [-0.39, 0.29) is 21.4 Å². The average molecular weight is 393 g/mol. The van der Waals surface area contributed by atoms with Gasteiger partial charge in [-0.2, -0.15) is 0 Å². The summed E-state index contributed by atoms with van der Waals surface area (Å²) in [6.07, 6.45) is 1.35. The number of sulfonamides is 1. The summed E-state index contributed by atoms with van der Waals surface area (Å²) in [6, 6.07) is 6.43. The van der Waals surface area contributed by atoms with E-state index in [0.717, 1.165) is 6.07 Å². The zero-order chi connectivity index (χ0) is 15.6. The smallest absolute Gasteiger partial charge is 0.271 e. The van der Waals surface area contributed by atoms with Crippen LogP contribution in [0.5, 0.6) is 0 Å². The number of nitrogens with one attached hydrogen (secondary N) is 1. The molecule has 2 aromatic rings. The molecule has 0 radical (unpaired) electrons. The summed E-state index contributed by atoms with van der Waals surface area (Å²) >= 11 is 8.87. The molecule has 1 aromatic carbocycles. The Balaban J connectivity index is 2.44. The molecule has 2 rings (SSSR count). The molecule has 0 saturated heterocycles. The summed E-state index contributed by atoms with van der Waals surface area (Å²) in [6.45, 7) is 0. The highest BCUT2D eigenvalue weighted by atomic mass is 79.9. The SMILES string of the molecule is O=[N+]([O-])c1ccc(Br)c(NS(=O)(=O)c2cccnc2Cl)c1. The van der Waals surface area contributed by atoms with Gasteiger partial charge in [0.15, 0.2) is 0 Å². The lowest BCUT2D eigenvalue weighted by molar-refractivity contribution is -0.384. The minimum absolute atomic E-state index is 0.0316. The molecule has 0 spiro atoms. The summed E-state index contributed by atoms with van der Waals surface area (Å²) < 4.78 is 27.1. The maximum absolute atomic E-state index is 12.2. The molecule has 0 fully saturated rings. The Bertz CT molecular complexity index is 813. The summed E-state index contributed by atoms with van der Waals surface area (Å²) in [5, 5.41) is 10.5. The molecule has 1 N–H and O–H groups in total. The van der Waals surface area contributed by atoms with Gasteiger partial charge in [-0.05, 0) is 34.1 Å². The molecule has 0 amide bonds. The molecular weight excluding hydrogens is 386 g/mol. The second-order valence-electron chi connectivity index (χ2n) is 3.82. The predicted octanol–water partition coefficient (Wildman–Crippen LogP) is 3.21. The number of pyridine rings is 1. The van der Waals surface area contributed by atoms with Gasteiger partial charge in [-0.15, -0.1) is 0 Å². The van der Waals surface area contributed by atoms with Crippen molar-refractivity contribution in [3.05, 3.63) is 56.3 Å². The van der Waals surface area contributed by atoms with Gasteiger partial charge in [0, 0.05) is 22.8 Å². The van der Waals surface area contributed by atoms with Gasteiger partial charge in [-0.1, -0.05) is 11.6 Å². The number of non-ortho nitro benzene ring substituents is 1. The molecule has 7 nitrogen and oxygen atoms in total. The van der Waals surface area contributed by atoms with Crippen LogP contribution in [-0.2, 0) is 10.0 Å². The quantitative estimate of drug-likeness (QED) is 0.489. The van der Waals surface area contributed by atoms with E-state index in [4.69, 9.17) is 11.6 Å². The van der Waals surface area contributed by atoms with Crippen molar-refractivity contribution in [2.75, 3.05) is 4.72 Å². The largest absolute Gasteiger partial charge is 0.278 e. The zero-order valence-corrected chi connectivity index (χ0v) is 13.3. The third-order valence-corrected chi connectivity index (χ3v) is 4.92. The molecule has 110 valence electrons. The summed E-state index contributed by atoms with van der Waals surface area (Å²) in [7, 11) is -4.01. The van der Waals surface area contributed by atoms with Crippen LogP contribution in [0.4, 0.5) is 11.4 Å². The molecule has 0 saturated carbocycles. The van der Waals surface area contributed by atoms with E-state index < -0.39 is 14.9 Å². The highest BCUT2D eigenvalue weighted by Crippen LogP contribution is 2.30. The second-order valence-corrected chi connectivity index (χ2v) is 6.68. The molecule has 0 bridgehead atoms. The van der Waals surface area contributed by atoms with Crippen LogP contribution in [0.25, 0.3) is 0 Å². The molecule has 0 aliphatic heterocycles. The Hall–Kier alpha value is -1.71. The normalized spacial score (nSPS) is 11.1. The van der Waals surface area contributed by atoms with Crippen molar-refractivity contribution >= 4 is 48.9 Å². The minimum atomic E-state index is -4.01. The number of anilines is 1. The maximum Gasteiger partial charge on any atom is 0.271 e. The first-order chi connectivity index (χ1) is 9.81. The highest BCUT2D eigenvalue weighted by Gasteiger charge is 2.21. The fraction of sp³-hybridized carbons (Fsp3) is 0. The Morgan fingerprint density at radius 2 is 2.05 bits per heavy atom. The first kappa shape index (κ1) is 15.7. The standard InChI is InChI=1S/C11H7BrClN3O4S/c12-8-4-3-7(16(17)18)6-9(8)15-21(19,20)10-2-1-5-14-11(10)13/h1-6,15H. The Morgan fingerprint density at radius 1 is 1.33 bits per heavy atom. The van der Waals surface area contributed by atoms with Gasteiger partial charge < -0.3 is 0 Å². The summed E-state index contributed by atoms with van der Waals surface area (Å²) in [5.74, 6) is 0. The third kappa shape index (κ3) is 3.49. The topological polar surface area (TPSA) is 102 Å². The van der Waals surface area contributed by atoms with E-state index in [1.165, 1.54) is 30.5 Å². The summed E-state index contributed by atoms with van der Waals surface area (Å²) in [5.41, 5.74) is -0.211. The third-order valence-electron chi connectivity index (χ3n) is 2.42. The lowest BCUT2D eigenvalue weighted by Crippen LogP contribution is -2.14. The van der Waals surface area contributed by atoms with Gasteiger partial charge in [-0.25, -0.2) is 13.4 Å². The monoisotopic (exact) mass is 391 g/mol. The molecule has 10 heteroatoms. The fourth-order valence-electron chi connectivity index (χ4n) is 1.48. The van der Waals surface area contributed by atoms with Crippen LogP contribution < -0.4 is 4.72 Å². The number of hydrogen-bond acceptors (Lipinski definition) is 5. The van der Waals surface area contributed by atoms with E-state index in [9.17, 15) is 18.5 Å². The first-order valence-electron chi connectivity index (χ1n) is 5.38. The predicted molar refractivity (Wildman–Crippen MR) is 80.9 cm³/mol. The highest BCUT2D eigenvalue weighted by molar-refractivity contribution is 9.10. The molecule has 1 aromatic heterocycles. The van der Waals surface area contributed by atoms with Crippen molar-refractivity contribution in [3.8, 4) is 0 Å². The van der Waals surface area contributed by atoms with Gasteiger partial charge in [0.1, 0.15) is 10.0 Å². The van der Waals surface area contributed by atoms with Crippen molar-refractivity contribution < 1.29 is 13.3 Å². The van der Waals surface area contributed by atoms with Crippen LogP contribution in [0, 0.1) is 10.1 Å². The van der Waals surface area contributed by atoms with Crippen molar-refractivity contribution in [2.45, 2.75) is 4.90 Å². The molecule has 0 atom stereocenters. The number of nitro groups is 1. The molecule has 1 heterocycles. The van der Waals surface area contributed by atoms with Crippen LogP contribution in [0.15, 0.2) is 45.9 Å². The zero-order valence-electron chi connectivity index (χ0n) is 10.2.